The number of pyridine rings is 1. The van der Waals surface area contributed by atoms with Crippen molar-refractivity contribution >= 4 is 0 Å². The number of hydrogen-bond donors (Lipinski definition) is 1. The monoisotopic (exact) mass is 191 g/mol. The van der Waals surface area contributed by atoms with E-state index in [0.717, 1.165) is 24.1 Å². The van der Waals surface area contributed by atoms with Crippen LogP contribution >= 0.6 is 0 Å². The Labute approximate surface area is 85.0 Å². The van der Waals surface area contributed by atoms with Gasteiger partial charge in [0.05, 0.1) is 6.10 Å². The standard InChI is InChI=1S/C12H17NO/c1-12(2,3)8-6-9-10(13-7-8)4-5-11(9)14/h6-7,11,14H,4-5H2,1-3H3. The zero-order chi connectivity index (χ0) is 10.3. The van der Waals surface area contributed by atoms with Gasteiger partial charge in [-0.3, -0.25) is 4.98 Å². The molecule has 0 fully saturated rings. The zero-order valence-electron chi connectivity index (χ0n) is 9.04. The van der Waals surface area contributed by atoms with Crippen LogP contribution in [0.25, 0.3) is 0 Å². The Morgan fingerprint density at radius 1 is 1.43 bits per heavy atom. The normalized spacial score (nSPS) is 21.0. The minimum Gasteiger partial charge on any atom is -0.388 e. The van der Waals surface area contributed by atoms with E-state index in [0.29, 0.717) is 0 Å². The van der Waals surface area contributed by atoms with Gasteiger partial charge in [0.2, 0.25) is 0 Å². The van der Waals surface area contributed by atoms with E-state index >= 15 is 0 Å². The van der Waals surface area contributed by atoms with Crippen molar-refractivity contribution in [2.75, 3.05) is 0 Å². The predicted molar refractivity (Wildman–Crippen MR) is 56.2 cm³/mol. The van der Waals surface area contributed by atoms with Crippen LogP contribution in [-0.2, 0) is 11.8 Å². The Morgan fingerprint density at radius 2 is 2.14 bits per heavy atom. The number of aryl methyl sites for hydroxylation is 1. The molecule has 1 aliphatic carbocycles. The highest BCUT2D eigenvalue weighted by Gasteiger charge is 2.24. The average molecular weight is 191 g/mol. The Kier molecular flexibility index (Phi) is 2.11. The molecule has 0 saturated carbocycles. The van der Waals surface area contributed by atoms with Crippen molar-refractivity contribution in [3.8, 4) is 0 Å². The minimum absolute atomic E-state index is 0.115. The number of aliphatic hydroxyl groups is 1. The van der Waals surface area contributed by atoms with Gasteiger partial charge in [0.1, 0.15) is 0 Å². The molecular weight excluding hydrogens is 174 g/mol. The van der Waals surface area contributed by atoms with Gasteiger partial charge >= 0.3 is 0 Å². The van der Waals surface area contributed by atoms with Crippen LogP contribution in [0.15, 0.2) is 12.3 Å². The van der Waals surface area contributed by atoms with E-state index in [1.54, 1.807) is 0 Å². The number of aliphatic hydroxyl groups excluding tert-OH is 1. The number of nitrogens with zero attached hydrogens (tertiary/aromatic N) is 1. The first-order valence-corrected chi connectivity index (χ1v) is 5.16. The molecule has 0 saturated heterocycles. The smallest absolute Gasteiger partial charge is 0.0811 e. The number of rotatable bonds is 0. The summed E-state index contributed by atoms with van der Waals surface area (Å²) in [5, 5.41) is 9.73. The number of fused-ring (bicyclic) bond motifs is 1. The molecule has 76 valence electrons. The molecule has 0 spiro atoms. The van der Waals surface area contributed by atoms with Crippen LogP contribution in [0.3, 0.4) is 0 Å². The molecule has 1 aromatic heterocycles. The van der Waals surface area contributed by atoms with E-state index in [1.165, 1.54) is 5.56 Å². The second kappa shape index (κ2) is 3.06. The van der Waals surface area contributed by atoms with Crippen LogP contribution in [0, 0.1) is 0 Å². The Hall–Kier alpha value is -0.890. The molecule has 1 aliphatic rings. The maximum Gasteiger partial charge on any atom is 0.0811 e. The Balaban J connectivity index is 2.45. The quantitative estimate of drug-likeness (QED) is 0.683. The Bertz CT molecular complexity index is 352. The van der Waals surface area contributed by atoms with E-state index < -0.39 is 0 Å². The van der Waals surface area contributed by atoms with Crippen LogP contribution in [0.4, 0.5) is 0 Å². The van der Waals surface area contributed by atoms with Crippen molar-refractivity contribution in [1.82, 2.24) is 4.98 Å². The molecule has 0 aromatic carbocycles. The fourth-order valence-corrected chi connectivity index (χ4v) is 1.85. The molecule has 0 radical (unpaired) electrons. The summed E-state index contributed by atoms with van der Waals surface area (Å²) in [5.74, 6) is 0. The van der Waals surface area contributed by atoms with Crippen LogP contribution in [0.5, 0.6) is 0 Å². The van der Waals surface area contributed by atoms with Crippen molar-refractivity contribution in [3.63, 3.8) is 0 Å². The summed E-state index contributed by atoms with van der Waals surface area (Å²) < 4.78 is 0. The van der Waals surface area contributed by atoms with Crippen molar-refractivity contribution < 1.29 is 5.11 Å². The van der Waals surface area contributed by atoms with Gasteiger partial charge in [0.15, 0.2) is 0 Å². The topological polar surface area (TPSA) is 33.1 Å². The first kappa shape index (κ1) is 9.66. The van der Waals surface area contributed by atoms with Crippen LogP contribution in [0.2, 0.25) is 0 Å². The molecule has 14 heavy (non-hydrogen) atoms. The van der Waals surface area contributed by atoms with Gasteiger partial charge in [0.25, 0.3) is 0 Å². The molecule has 1 aromatic rings. The summed E-state index contributed by atoms with van der Waals surface area (Å²) in [7, 11) is 0. The van der Waals surface area contributed by atoms with E-state index in [-0.39, 0.29) is 11.5 Å². The summed E-state index contributed by atoms with van der Waals surface area (Å²) in [6.07, 6.45) is 3.40. The van der Waals surface area contributed by atoms with Gasteiger partial charge in [0, 0.05) is 17.5 Å². The third kappa shape index (κ3) is 1.55. The van der Waals surface area contributed by atoms with E-state index in [4.69, 9.17) is 0 Å². The third-order valence-corrected chi connectivity index (χ3v) is 2.88. The molecule has 0 bridgehead atoms. The fraction of sp³-hybridized carbons (Fsp3) is 0.583. The first-order valence-electron chi connectivity index (χ1n) is 5.16. The van der Waals surface area contributed by atoms with Gasteiger partial charge in [-0.25, -0.2) is 0 Å². The maximum absolute atomic E-state index is 9.73. The summed E-state index contributed by atoms with van der Waals surface area (Å²) in [6.45, 7) is 6.49. The van der Waals surface area contributed by atoms with Crippen molar-refractivity contribution in [1.29, 1.82) is 0 Å². The number of hydrogen-bond acceptors (Lipinski definition) is 2. The first-order chi connectivity index (χ1) is 6.48. The highest BCUT2D eigenvalue weighted by Crippen LogP contribution is 2.32. The SMILES string of the molecule is CC(C)(C)c1cnc2c(c1)C(O)CC2. The van der Waals surface area contributed by atoms with Gasteiger partial charge in [-0.05, 0) is 29.9 Å². The van der Waals surface area contributed by atoms with Crippen molar-refractivity contribution in [2.24, 2.45) is 0 Å². The summed E-state index contributed by atoms with van der Waals surface area (Å²) in [5.41, 5.74) is 3.43. The van der Waals surface area contributed by atoms with Gasteiger partial charge in [-0.1, -0.05) is 20.8 Å². The molecule has 2 heteroatoms. The predicted octanol–water partition coefficient (Wildman–Crippen LogP) is 2.36. The maximum atomic E-state index is 9.73. The second-order valence-electron chi connectivity index (χ2n) is 5.06. The summed E-state index contributed by atoms with van der Waals surface area (Å²) >= 11 is 0. The minimum atomic E-state index is -0.292. The molecule has 2 rings (SSSR count). The van der Waals surface area contributed by atoms with Crippen molar-refractivity contribution in [3.05, 3.63) is 29.1 Å². The molecule has 1 N–H and O–H groups in total. The Morgan fingerprint density at radius 3 is 2.79 bits per heavy atom. The van der Waals surface area contributed by atoms with Gasteiger partial charge in [-0.15, -0.1) is 0 Å². The van der Waals surface area contributed by atoms with Crippen molar-refractivity contribution in [2.45, 2.75) is 45.1 Å². The van der Waals surface area contributed by atoms with Crippen LogP contribution < -0.4 is 0 Å². The van der Waals surface area contributed by atoms with E-state index in [1.807, 2.05) is 6.20 Å². The lowest BCUT2D eigenvalue weighted by atomic mass is 9.87. The summed E-state index contributed by atoms with van der Waals surface area (Å²) in [6, 6.07) is 2.11. The molecule has 1 atom stereocenters. The average Bonchev–Trinajstić information content (AvgIpc) is 2.46. The number of aromatic nitrogens is 1. The molecule has 1 heterocycles. The fourth-order valence-electron chi connectivity index (χ4n) is 1.85. The van der Waals surface area contributed by atoms with E-state index in [9.17, 15) is 5.11 Å². The largest absolute Gasteiger partial charge is 0.388 e. The third-order valence-electron chi connectivity index (χ3n) is 2.88. The van der Waals surface area contributed by atoms with E-state index in [2.05, 4.69) is 31.8 Å². The van der Waals surface area contributed by atoms with Crippen LogP contribution in [-0.4, -0.2) is 10.1 Å². The highest BCUT2D eigenvalue weighted by molar-refractivity contribution is 5.33. The molecular formula is C12H17NO. The lowest BCUT2D eigenvalue weighted by Crippen LogP contribution is -2.12. The van der Waals surface area contributed by atoms with Crippen LogP contribution in [0.1, 0.15) is 50.1 Å². The lowest BCUT2D eigenvalue weighted by molar-refractivity contribution is 0.180. The van der Waals surface area contributed by atoms with Gasteiger partial charge < -0.3 is 5.11 Å². The second-order valence-corrected chi connectivity index (χ2v) is 5.06. The lowest BCUT2D eigenvalue weighted by Gasteiger charge is -2.19. The molecule has 0 amide bonds. The highest BCUT2D eigenvalue weighted by atomic mass is 16.3. The molecule has 0 aliphatic heterocycles. The molecule has 2 nitrogen and oxygen atoms in total. The molecule has 1 unspecified atom stereocenters. The summed E-state index contributed by atoms with van der Waals surface area (Å²) in [4.78, 5) is 4.42. The zero-order valence-corrected chi connectivity index (χ0v) is 9.04. The van der Waals surface area contributed by atoms with Gasteiger partial charge in [-0.2, -0.15) is 0 Å².